The Labute approximate surface area is 307 Å². The normalized spacial score (nSPS) is 11.8. The quantitative estimate of drug-likeness (QED) is 0.171. The van der Waals surface area contributed by atoms with Crippen LogP contribution in [-0.4, -0.2) is 9.97 Å². The summed E-state index contributed by atoms with van der Waals surface area (Å²) in [6.45, 7) is 0. The Morgan fingerprint density at radius 3 is 1.56 bits per heavy atom. The smallest absolute Gasteiger partial charge is 0.0972 e. The molecule has 0 saturated carbocycles. The van der Waals surface area contributed by atoms with Crippen LogP contribution in [0.2, 0.25) is 0 Å². The van der Waals surface area contributed by atoms with E-state index in [1.807, 2.05) is 28.7 Å². The minimum atomic E-state index is 0.911. The number of nitrogens with zero attached hydrogens (tertiary/aromatic N) is 2. The van der Waals surface area contributed by atoms with Gasteiger partial charge in [-0.1, -0.05) is 127 Å². The molecule has 0 N–H and O–H groups in total. The number of hydrogen-bond donors (Lipinski definition) is 0. The molecular formula is C48H28N2S2. The van der Waals surface area contributed by atoms with Gasteiger partial charge in [0.1, 0.15) is 0 Å². The van der Waals surface area contributed by atoms with E-state index in [9.17, 15) is 0 Å². The van der Waals surface area contributed by atoms with Gasteiger partial charge in [-0.25, -0.2) is 9.97 Å². The number of thiophene rings is 2. The molecule has 0 atom stereocenters. The summed E-state index contributed by atoms with van der Waals surface area (Å²) in [5.41, 5.74) is 10.7. The first-order valence-corrected chi connectivity index (χ1v) is 19.1. The largest absolute Gasteiger partial charge is 0.245 e. The van der Waals surface area contributed by atoms with E-state index in [-0.39, 0.29) is 0 Å². The van der Waals surface area contributed by atoms with Gasteiger partial charge in [0.2, 0.25) is 0 Å². The summed E-state index contributed by atoms with van der Waals surface area (Å²) in [7, 11) is 0. The van der Waals surface area contributed by atoms with Crippen LogP contribution in [0.3, 0.4) is 0 Å². The van der Waals surface area contributed by atoms with E-state index in [1.165, 1.54) is 62.6 Å². The van der Waals surface area contributed by atoms with E-state index in [0.717, 1.165) is 44.3 Å². The van der Waals surface area contributed by atoms with Crippen molar-refractivity contribution in [3.05, 3.63) is 170 Å². The summed E-state index contributed by atoms with van der Waals surface area (Å²) in [6, 6.07) is 61.3. The summed E-state index contributed by atoms with van der Waals surface area (Å²) in [5.74, 6) is 0. The van der Waals surface area contributed by atoms with Gasteiger partial charge >= 0.3 is 0 Å². The summed E-state index contributed by atoms with van der Waals surface area (Å²) < 4.78 is 5.20. The Morgan fingerprint density at radius 2 is 0.865 bits per heavy atom. The third-order valence-corrected chi connectivity index (χ3v) is 12.6. The van der Waals surface area contributed by atoms with Crippen LogP contribution in [0, 0.1) is 0 Å². The summed E-state index contributed by atoms with van der Waals surface area (Å²) >= 11 is 3.71. The third-order valence-electron chi connectivity index (χ3n) is 10.3. The lowest BCUT2D eigenvalue weighted by atomic mass is 9.90. The predicted molar refractivity (Wildman–Crippen MR) is 225 cm³/mol. The molecule has 0 aliphatic rings. The van der Waals surface area contributed by atoms with Crippen LogP contribution < -0.4 is 0 Å². The van der Waals surface area contributed by atoms with Crippen LogP contribution in [0.5, 0.6) is 0 Å². The average molecular weight is 697 g/mol. The Kier molecular flexibility index (Phi) is 6.63. The molecule has 4 heterocycles. The van der Waals surface area contributed by atoms with Gasteiger partial charge in [-0.3, -0.25) is 0 Å². The van der Waals surface area contributed by atoms with Gasteiger partial charge in [0.25, 0.3) is 0 Å². The highest BCUT2D eigenvalue weighted by Crippen LogP contribution is 2.46. The second-order valence-corrected chi connectivity index (χ2v) is 15.4. The molecule has 11 rings (SSSR count). The van der Waals surface area contributed by atoms with Gasteiger partial charge in [-0.15, -0.1) is 22.7 Å². The Bertz CT molecular complexity index is 3190. The molecule has 7 aromatic carbocycles. The van der Waals surface area contributed by atoms with Crippen LogP contribution in [0.1, 0.15) is 0 Å². The van der Waals surface area contributed by atoms with Crippen molar-refractivity contribution in [2.24, 2.45) is 0 Å². The lowest BCUT2D eigenvalue weighted by Crippen LogP contribution is -1.93. The molecular weight excluding hydrogens is 669 g/mol. The number of pyridine rings is 2. The highest BCUT2D eigenvalue weighted by molar-refractivity contribution is 7.26. The monoisotopic (exact) mass is 696 g/mol. The number of benzene rings is 7. The first-order chi connectivity index (χ1) is 25.8. The van der Waals surface area contributed by atoms with E-state index in [4.69, 9.17) is 9.97 Å². The van der Waals surface area contributed by atoms with Gasteiger partial charge in [-0.05, 0) is 64.7 Å². The summed E-state index contributed by atoms with van der Waals surface area (Å²) in [5, 5.41) is 7.35. The van der Waals surface area contributed by atoms with Crippen molar-refractivity contribution in [2.45, 2.75) is 0 Å². The summed E-state index contributed by atoms with van der Waals surface area (Å²) in [6.07, 6.45) is 0. The minimum absolute atomic E-state index is 0.911. The molecule has 52 heavy (non-hydrogen) atoms. The zero-order valence-electron chi connectivity index (χ0n) is 27.9. The maximum Gasteiger partial charge on any atom is 0.0972 e. The molecule has 11 aromatic rings. The second kappa shape index (κ2) is 11.7. The molecule has 2 nitrogen and oxygen atoms in total. The van der Waals surface area contributed by atoms with Gasteiger partial charge in [0.05, 0.1) is 22.4 Å². The minimum Gasteiger partial charge on any atom is -0.245 e. The Morgan fingerprint density at radius 1 is 0.327 bits per heavy atom. The van der Waals surface area contributed by atoms with Gasteiger partial charge in [0, 0.05) is 62.2 Å². The van der Waals surface area contributed by atoms with Gasteiger partial charge < -0.3 is 0 Å². The highest BCUT2D eigenvalue weighted by atomic mass is 32.1. The van der Waals surface area contributed by atoms with Gasteiger partial charge in [0.15, 0.2) is 0 Å². The van der Waals surface area contributed by atoms with Crippen molar-refractivity contribution in [3.63, 3.8) is 0 Å². The molecule has 242 valence electrons. The van der Waals surface area contributed by atoms with E-state index >= 15 is 0 Å². The van der Waals surface area contributed by atoms with E-state index in [2.05, 4.69) is 164 Å². The van der Waals surface area contributed by atoms with Crippen molar-refractivity contribution in [3.8, 4) is 44.8 Å². The van der Waals surface area contributed by atoms with Crippen LogP contribution in [-0.2, 0) is 0 Å². The predicted octanol–water partition coefficient (Wildman–Crippen LogP) is 14.2. The Hall–Kier alpha value is -6.20. The maximum atomic E-state index is 5.50. The van der Waals surface area contributed by atoms with Gasteiger partial charge in [-0.2, -0.15) is 0 Å². The zero-order chi connectivity index (χ0) is 34.2. The molecule has 4 heteroatoms. The molecule has 4 aromatic heterocycles. The fraction of sp³-hybridized carbons (Fsp3) is 0. The first-order valence-electron chi connectivity index (χ1n) is 17.5. The molecule has 0 aliphatic carbocycles. The second-order valence-electron chi connectivity index (χ2n) is 13.3. The molecule has 0 spiro atoms. The molecule has 0 aliphatic heterocycles. The summed E-state index contributed by atoms with van der Waals surface area (Å²) in [4.78, 5) is 10.7. The third kappa shape index (κ3) is 4.62. The molecule has 0 unspecified atom stereocenters. The standard InChI is InChI=1S/C48H28N2S2/c1-2-10-29(11-3-1)39-26-23-30-20-21-31-24-27-40(50-48(31)47(30)49-39)38-28-32(33-14-8-18-43-45(33)36-12-4-6-16-41(36)51-43)22-25-34(38)35-15-9-19-44-46(35)37-13-5-7-17-42(37)52-44/h1-28H. The molecule has 0 amide bonds. The fourth-order valence-electron chi connectivity index (χ4n) is 7.86. The molecule has 0 fully saturated rings. The molecule has 0 saturated heterocycles. The zero-order valence-corrected chi connectivity index (χ0v) is 29.5. The lowest BCUT2D eigenvalue weighted by Gasteiger charge is -2.15. The van der Waals surface area contributed by atoms with E-state index < -0.39 is 0 Å². The van der Waals surface area contributed by atoms with Crippen molar-refractivity contribution in [1.82, 2.24) is 9.97 Å². The van der Waals surface area contributed by atoms with Crippen molar-refractivity contribution in [1.29, 1.82) is 0 Å². The molecule has 0 bridgehead atoms. The number of aromatic nitrogens is 2. The van der Waals surface area contributed by atoms with Crippen LogP contribution >= 0.6 is 22.7 Å². The Balaban J connectivity index is 1.20. The average Bonchev–Trinajstić information content (AvgIpc) is 3.79. The van der Waals surface area contributed by atoms with Crippen LogP contribution in [0.4, 0.5) is 0 Å². The molecule has 0 radical (unpaired) electrons. The van der Waals surface area contributed by atoms with Crippen LogP contribution in [0.25, 0.3) is 107 Å². The maximum absolute atomic E-state index is 5.50. The number of rotatable bonds is 4. The van der Waals surface area contributed by atoms with E-state index in [1.54, 1.807) is 0 Å². The number of hydrogen-bond acceptors (Lipinski definition) is 4. The number of fused-ring (bicyclic) bond motifs is 9. The lowest BCUT2D eigenvalue weighted by molar-refractivity contribution is 1.36. The SMILES string of the molecule is c1ccc(-c2ccc3ccc4ccc(-c5cc(-c6cccc7sc8ccccc8c67)ccc5-c5cccc6sc7ccccc7c56)nc4c3n2)cc1. The van der Waals surface area contributed by atoms with Crippen molar-refractivity contribution >= 4 is 84.8 Å². The highest BCUT2D eigenvalue weighted by Gasteiger charge is 2.19. The van der Waals surface area contributed by atoms with Crippen molar-refractivity contribution < 1.29 is 0 Å². The fourth-order valence-corrected chi connectivity index (χ4v) is 10.1. The first kappa shape index (κ1) is 29.5. The van der Waals surface area contributed by atoms with E-state index in [0.29, 0.717) is 0 Å². The van der Waals surface area contributed by atoms with Crippen molar-refractivity contribution in [2.75, 3.05) is 0 Å². The topological polar surface area (TPSA) is 25.8 Å². The van der Waals surface area contributed by atoms with Crippen LogP contribution in [0.15, 0.2) is 170 Å².